The van der Waals surface area contributed by atoms with Crippen LogP contribution in [0.5, 0.6) is 0 Å². The highest BCUT2D eigenvalue weighted by Crippen LogP contribution is 1.87. The van der Waals surface area contributed by atoms with Gasteiger partial charge in [0.2, 0.25) is 5.91 Å². The highest BCUT2D eigenvalue weighted by atomic mass is 16.2. The molecule has 0 N–H and O–H groups in total. The molecule has 0 atom stereocenters. The summed E-state index contributed by atoms with van der Waals surface area (Å²) in [6.45, 7) is 3.24. The van der Waals surface area contributed by atoms with E-state index >= 15 is 0 Å². The van der Waals surface area contributed by atoms with Gasteiger partial charge in [0.05, 0.1) is 19.2 Å². The number of nitriles is 1. The van der Waals surface area contributed by atoms with Crippen molar-refractivity contribution >= 4 is 5.91 Å². The first kappa shape index (κ1) is 10.9. The molecule has 0 unspecified atom stereocenters. The third-order valence-electron chi connectivity index (χ3n) is 1.65. The second kappa shape index (κ2) is 5.56. The van der Waals surface area contributed by atoms with Gasteiger partial charge in [-0.2, -0.15) is 5.26 Å². The van der Waals surface area contributed by atoms with E-state index in [1.807, 2.05) is 13.0 Å². The minimum atomic E-state index is 0.0512. The van der Waals surface area contributed by atoms with Crippen molar-refractivity contribution in [3.63, 3.8) is 0 Å². The van der Waals surface area contributed by atoms with Gasteiger partial charge >= 0.3 is 0 Å². The van der Waals surface area contributed by atoms with Gasteiger partial charge in [0.15, 0.2) is 0 Å². The van der Waals surface area contributed by atoms with E-state index in [0.717, 1.165) is 0 Å². The molecule has 0 aromatic heterocycles. The smallest absolute Gasteiger partial charge is 0.236 e. The SMILES string of the molecule is CCN(C)C(=O)CN(C)CC#N. The standard InChI is InChI=1S/C8H15N3O/c1-4-11(3)8(12)7-10(2)6-5-9/h4,6-7H2,1-3H3. The lowest BCUT2D eigenvalue weighted by molar-refractivity contribution is -0.130. The van der Waals surface area contributed by atoms with Crippen LogP contribution in [0.1, 0.15) is 6.92 Å². The first-order valence-electron chi connectivity index (χ1n) is 3.91. The second-order valence-electron chi connectivity index (χ2n) is 2.74. The van der Waals surface area contributed by atoms with E-state index < -0.39 is 0 Å². The molecule has 0 aliphatic carbocycles. The predicted molar refractivity (Wildman–Crippen MR) is 46.4 cm³/mol. The number of nitrogens with zero attached hydrogens (tertiary/aromatic N) is 3. The Hall–Kier alpha value is -1.08. The molecule has 0 saturated heterocycles. The first-order chi connectivity index (χ1) is 5.61. The van der Waals surface area contributed by atoms with Crippen LogP contribution >= 0.6 is 0 Å². The number of rotatable bonds is 4. The molecule has 0 bridgehead atoms. The lowest BCUT2D eigenvalue weighted by Gasteiger charge is -2.18. The molecule has 0 radical (unpaired) electrons. The zero-order valence-electron chi connectivity index (χ0n) is 7.87. The summed E-state index contributed by atoms with van der Waals surface area (Å²) < 4.78 is 0. The summed E-state index contributed by atoms with van der Waals surface area (Å²) >= 11 is 0. The molecule has 4 heteroatoms. The normalized spacial score (nSPS) is 9.58. The second-order valence-corrected chi connectivity index (χ2v) is 2.74. The largest absolute Gasteiger partial charge is 0.345 e. The van der Waals surface area contributed by atoms with Gasteiger partial charge in [-0.1, -0.05) is 0 Å². The van der Waals surface area contributed by atoms with E-state index in [-0.39, 0.29) is 5.91 Å². The highest BCUT2D eigenvalue weighted by molar-refractivity contribution is 5.77. The molecule has 0 aliphatic rings. The van der Waals surface area contributed by atoms with Crippen molar-refractivity contribution in [3.05, 3.63) is 0 Å². The Kier molecular flexibility index (Phi) is 5.06. The quantitative estimate of drug-likeness (QED) is 0.553. The van der Waals surface area contributed by atoms with Crippen LogP contribution < -0.4 is 0 Å². The van der Waals surface area contributed by atoms with Crippen LogP contribution in [-0.4, -0.2) is 49.4 Å². The summed E-state index contributed by atoms with van der Waals surface area (Å²) in [6, 6.07) is 1.98. The monoisotopic (exact) mass is 169 g/mol. The van der Waals surface area contributed by atoms with Crippen molar-refractivity contribution in [1.82, 2.24) is 9.80 Å². The summed E-state index contributed by atoms with van der Waals surface area (Å²) in [5.41, 5.74) is 0. The third-order valence-corrected chi connectivity index (χ3v) is 1.65. The molecular weight excluding hydrogens is 154 g/mol. The fourth-order valence-corrected chi connectivity index (χ4v) is 0.705. The number of carbonyl (C=O) groups excluding carboxylic acids is 1. The van der Waals surface area contributed by atoms with Crippen LogP contribution in [-0.2, 0) is 4.79 Å². The average Bonchev–Trinajstić information content (AvgIpc) is 2.03. The highest BCUT2D eigenvalue weighted by Gasteiger charge is 2.08. The molecule has 4 nitrogen and oxygen atoms in total. The summed E-state index contributed by atoms with van der Waals surface area (Å²) in [6.07, 6.45) is 0. The summed E-state index contributed by atoms with van der Waals surface area (Å²) in [7, 11) is 3.51. The first-order valence-corrected chi connectivity index (χ1v) is 3.91. The lowest BCUT2D eigenvalue weighted by atomic mass is 10.4. The van der Waals surface area contributed by atoms with Crippen molar-refractivity contribution in [2.24, 2.45) is 0 Å². The zero-order chi connectivity index (χ0) is 9.56. The van der Waals surface area contributed by atoms with Gasteiger partial charge in [-0.15, -0.1) is 0 Å². The number of carbonyl (C=O) groups is 1. The van der Waals surface area contributed by atoms with Crippen molar-refractivity contribution in [2.45, 2.75) is 6.92 Å². The summed E-state index contributed by atoms with van der Waals surface area (Å²) in [5, 5.41) is 8.33. The maximum Gasteiger partial charge on any atom is 0.236 e. The van der Waals surface area contributed by atoms with Gasteiger partial charge in [-0.25, -0.2) is 0 Å². The minimum absolute atomic E-state index is 0.0512. The molecule has 12 heavy (non-hydrogen) atoms. The molecule has 0 aliphatic heterocycles. The van der Waals surface area contributed by atoms with E-state index in [9.17, 15) is 4.79 Å². The van der Waals surface area contributed by atoms with E-state index in [1.165, 1.54) is 0 Å². The molecular formula is C8H15N3O. The Morgan fingerprint density at radius 2 is 2.08 bits per heavy atom. The van der Waals surface area contributed by atoms with Crippen LogP contribution in [0.25, 0.3) is 0 Å². The number of hydrogen-bond donors (Lipinski definition) is 0. The molecule has 0 aromatic carbocycles. The number of hydrogen-bond acceptors (Lipinski definition) is 3. The molecule has 0 heterocycles. The van der Waals surface area contributed by atoms with Crippen molar-refractivity contribution in [2.75, 3.05) is 33.7 Å². The Morgan fingerprint density at radius 1 is 1.50 bits per heavy atom. The maximum absolute atomic E-state index is 11.2. The van der Waals surface area contributed by atoms with Crippen LogP contribution in [0.4, 0.5) is 0 Å². The summed E-state index contributed by atoms with van der Waals surface area (Å²) in [4.78, 5) is 14.6. The molecule has 0 saturated carbocycles. The van der Waals surface area contributed by atoms with Crippen LogP contribution in [0, 0.1) is 11.3 Å². The fourth-order valence-electron chi connectivity index (χ4n) is 0.705. The minimum Gasteiger partial charge on any atom is -0.345 e. The van der Waals surface area contributed by atoms with Gasteiger partial charge < -0.3 is 4.90 Å². The van der Waals surface area contributed by atoms with Gasteiger partial charge in [-0.05, 0) is 14.0 Å². The molecule has 0 spiro atoms. The topological polar surface area (TPSA) is 47.3 Å². The van der Waals surface area contributed by atoms with Crippen LogP contribution in [0.3, 0.4) is 0 Å². The van der Waals surface area contributed by atoms with Crippen molar-refractivity contribution < 1.29 is 4.79 Å². The average molecular weight is 169 g/mol. The lowest BCUT2D eigenvalue weighted by Crippen LogP contribution is -2.36. The summed E-state index contributed by atoms with van der Waals surface area (Å²) in [5.74, 6) is 0.0512. The van der Waals surface area contributed by atoms with E-state index in [0.29, 0.717) is 19.6 Å². The molecule has 0 aromatic rings. The molecule has 1 amide bonds. The van der Waals surface area contributed by atoms with Crippen molar-refractivity contribution in [3.8, 4) is 6.07 Å². The number of amides is 1. The van der Waals surface area contributed by atoms with E-state index in [4.69, 9.17) is 5.26 Å². The van der Waals surface area contributed by atoms with E-state index in [2.05, 4.69) is 0 Å². The van der Waals surface area contributed by atoms with Crippen LogP contribution in [0.2, 0.25) is 0 Å². The van der Waals surface area contributed by atoms with Gasteiger partial charge in [0.1, 0.15) is 0 Å². The Labute approximate surface area is 73.4 Å². The Morgan fingerprint density at radius 3 is 2.50 bits per heavy atom. The third kappa shape index (κ3) is 3.94. The number of likely N-dealkylation sites (N-methyl/N-ethyl adjacent to an activating group) is 2. The van der Waals surface area contributed by atoms with Gasteiger partial charge in [0, 0.05) is 13.6 Å². The maximum atomic E-state index is 11.2. The van der Waals surface area contributed by atoms with Crippen molar-refractivity contribution in [1.29, 1.82) is 5.26 Å². The zero-order valence-corrected chi connectivity index (χ0v) is 7.87. The van der Waals surface area contributed by atoms with Gasteiger partial charge in [-0.3, -0.25) is 9.69 Å². The Bertz CT molecular complexity index is 185. The van der Waals surface area contributed by atoms with Crippen LogP contribution in [0.15, 0.2) is 0 Å². The fraction of sp³-hybridized carbons (Fsp3) is 0.750. The Balaban J connectivity index is 3.77. The molecule has 0 rings (SSSR count). The van der Waals surface area contributed by atoms with Gasteiger partial charge in [0.25, 0.3) is 0 Å². The van der Waals surface area contributed by atoms with E-state index in [1.54, 1.807) is 23.9 Å². The molecule has 68 valence electrons. The predicted octanol–water partition coefficient (Wildman–Crippen LogP) is -0.0799. The molecule has 0 fully saturated rings.